The predicted octanol–water partition coefficient (Wildman–Crippen LogP) is 5.34. The highest BCUT2D eigenvalue weighted by Crippen LogP contribution is 2.41. The number of anilines is 1. The number of ether oxygens (including phenoxy) is 1. The summed E-state index contributed by atoms with van der Waals surface area (Å²) in [6, 6.07) is 12.1. The van der Waals surface area contributed by atoms with Crippen molar-refractivity contribution in [1.29, 1.82) is 0 Å². The number of nitrogens with zero attached hydrogens (tertiary/aromatic N) is 3. The van der Waals surface area contributed by atoms with Crippen LogP contribution in [0, 0.1) is 5.82 Å². The van der Waals surface area contributed by atoms with Gasteiger partial charge in [-0.2, -0.15) is 4.98 Å². The number of hydrogen-bond donors (Lipinski definition) is 1. The Morgan fingerprint density at radius 1 is 1.19 bits per heavy atom. The number of halogens is 2. The van der Waals surface area contributed by atoms with Crippen LogP contribution in [-0.4, -0.2) is 20.9 Å². The van der Waals surface area contributed by atoms with E-state index in [9.17, 15) is 4.39 Å². The predicted molar refractivity (Wildman–Crippen MR) is 105 cm³/mol. The molecule has 138 valence electrons. The first-order chi connectivity index (χ1) is 13.2. The van der Waals surface area contributed by atoms with Gasteiger partial charge < -0.3 is 10.1 Å². The number of thioether (sulfide) groups is 1. The second kappa shape index (κ2) is 7.70. The average molecular weight is 403 g/mol. The molecule has 1 atom stereocenters. The van der Waals surface area contributed by atoms with E-state index in [1.54, 1.807) is 12.1 Å². The SMILES string of the molecule is CCCSc1nnc2c(n1)O[C@H](c1c(F)cccc1Cl)Nc1ccccc1-2. The van der Waals surface area contributed by atoms with Gasteiger partial charge in [0.2, 0.25) is 17.3 Å². The number of rotatable bonds is 4. The summed E-state index contributed by atoms with van der Waals surface area (Å²) in [5, 5.41) is 12.5. The lowest BCUT2D eigenvalue weighted by Gasteiger charge is -2.20. The van der Waals surface area contributed by atoms with Crippen molar-refractivity contribution in [1.82, 2.24) is 15.2 Å². The van der Waals surface area contributed by atoms with E-state index < -0.39 is 12.0 Å². The lowest BCUT2D eigenvalue weighted by Crippen LogP contribution is -2.19. The van der Waals surface area contributed by atoms with E-state index in [1.165, 1.54) is 17.8 Å². The molecule has 27 heavy (non-hydrogen) atoms. The van der Waals surface area contributed by atoms with Gasteiger partial charge >= 0.3 is 0 Å². The zero-order valence-electron chi connectivity index (χ0n) is 14.4. The molecule has 0 amide bonds. The van der Waals surface area contributed by atoms with Crippen molar-refractivity contribution in [3.63, 3.8) is 0 Å². The monoisotopic (exact) mass is 402 g/mol. The molecule has 0 spiro atoms. The molecule has 0 saturated heterocycles. The maximum absolute atomic E-state index is 14.5. The molecule has 4 rings (SSSR count). The number of benzene rings is 2. The Morgan fingerprint density at radius 3 is 2.85 bits per heavy atom. The molecule has 3 aromatic rings. The van der Waals surface area contributed by atoms with Crippen molar-refractivity contribution in [2.24, 2.45) is 0 Å². The van der Waals surface area contributed by atoms with Crippen LogP contribution in [0.3, 0.4) is 0 Å². The first-order valence-electron chi connectivity index (χ1n) is 8.51. The summed E-state index contributed by atoms with van der Waals surface area (Å²) in [5.74, 6) is 0.714. The largest absolute Gasteiger partial charge is 0.448 e. The number of aromatic nitrogens is 3. The van der Waals surface area contributed by atoms with Crippen LogP contribution in [-0.2, 0) is 0 Å². The minimum Gasteiger partial charge on any atom is -0.448 e. The van der Waals surface area contributed by atoms with Gasteiger partial charge in [0, 0.05) is 17.0 Å². The normalized spacial score (nSPS) is 15.1. The first kappa shape index (κ1) is 18.0. The third-order valence-electron chi connectivity index (χ3n) is 4.03. The maximum atomic E-state index is 14.5. The van der Waals surface area contributed by atoms with Gasteiger partial charge in [-0.25, -0.2) is 4.39 Å². The summed E-state index contributed by atoms with van der Waals surface area (Å²) < 4.78 is 20.6. The fourth-order valence-corrected chi connectivity index (χ4v) is 3.69. The molecule has 1 N–H and O–H groups in total. The number of fused-ring (bicyclic) bond motifs is 3. The van der Waals surface area contributed by atoms with Gasteiger partial charge in [0.15, 0.2) is 5.69 Å². The molecule has 0 unspecified atom stereocenters. The van der Waals surface area contributed by atoms with Gasteiger partial charge in [0.25, 0.3) is 0 Å². The van der Waals surface area contributed by atoms with E-state index in [-0.39, 0.29) is 10.6 Å². The molecule has 5 nitrogen and oxygen atoms in total. The Hall–Kier alpha value is -2.38. The quantitative estimate of drug-likeness (QED) is 0.594. The fourth-order valence-electron chi connectivity index (χ4n) is 2.79. The maximum Gasteiger partial charge on any atom is 0.247 e. The van der Waals surface area contributed by atoms with Crippen LogP contribution >= 0.6 is 23.4 Å². The van der Waals surface area contributed by atoms with Crippen molar-refractivity contribution >= 4 is 29.1 Å². The van der Waals surface area contributed by atoms with Gasteiger partial charge in [0.1, 0.15) is 5.82 Å². The fraction of sp³-hybridized carbons (Fsp3) is 0.211. The van der Waals surface area contributed by atoms with Gasteiger partial charge in [-0.3, -0.25) is 0 Å². The van der Waals surface area contributed by atoms with E-state index >= 15 is 0 Å². The third kappa shape index (κ3) is 3.57. The van der Waals surface area contributed by atoms with Crippen molar-refractivity contribution in [2.45, 2.75) is 24.7 Å². The Labute approximate surface area is 165 Å². The highest BCUT2D eigenvalue weighted by Gasteiger charge is 2.29. The van der Waals surface area contributed by atoms with Gasteiger partial charge in [-0.1, -0.05) is 54.6 Å². The lowest BCUT2D eigenvalue weighted by molar-refractivity contribution is 0.220. The number of hydrogen-bond acceptors (Lipinski definition) is 6. The van der Waals surface area contributed by atoms with E-state index in [0.29, 0.717) is 16.7 Å². The second-order valence-corrected chi connectivity index (χ2v) is 7.39. The smallest absolute Gasteiger partial charge is 0.247 e. The summed E-state index contributed by atoms with van der Waals surface area (Å²) in [6.45, 7) is 2.08. The molecule has 0 saturated carbocycles. The zero-order chi connectivity index (χ0) is 18.8. The van der Waals surface area contributed by atoms with E-state index in [0.717, 1.165) is 23.4 Å². The molecule has 2 aromatic carbocycles. The molecule has 0 aliphatic carbocycles. The van der Waals surface area contributed by atoms with Crippen LogP contribution in [0.25, 0.3) is 11.3 Å². The Bertz CT molecular complexity index is 967. The minimum absolute atomic E-state index is 0.225. The van der Waals surface area contributed by atoms with Crippen molar-refractivity contribution in [3.8, 4) is 17.1 Å². The summed E-state index contributed by atoms with van der Waals surface area (Å²) in [6.07, 6.45) is 0.144. The van der Waals surface area contributed by atoms with Crippen LogP contribution in [0.1, 0.15) is 25.1 Å². The lowest BCUT2D eigenvalue weighted by atomic mass is 10.1. The Morgan fingerprint density at radius 2 is 2.04 bits per heavy atom. The molecule has 0 radical (unpaired) electrons. The molecule has 1 aliphatic rings. The van der Waals surface area contributed by atoms with Crippen molar-refractivity contribution in [2.75, 3.05) is 11.1 Å². The second-order valence-electron chi connectivity index (χ2n) is 5.92. The minimum atomic E-state index is -0.846. The van der Waals surface area contributed by atoms with Crippen molar-refractivity contribution < 1.29 is 9.13 Å². The van der Waals surface area contributed by atoms with Crippen LogP contribution in [0.5, 0.6) is 5.88 Å². The standard InChI is InChI=1S/C19H16ClFN4OS/c1-2-10-27-19-23-18-16(24-25-19)11-6-3-4-9-14(11)22-17(26-18)15-12(20)7-5-8-13(15)21/h3-9,17,22H,2,10H2,1H3/t17-/m1/s1. The number of para-hydroxylation sites is 1. The molecule has 1 aliphatic heterocycles. The van der Waals surface area contributed by atoms with E-state index in [2.05, 4.69) is 27.4 Å². The van der Waals surface area contributed by atoms with E-state index in [4.69, 9.17) is 16.3 Å². The summed E-state index contributed by atoms with van der Waals surface area (Å²) in [7, 11) is 0. The van der Waals surface area contributed by atoms with Gasteiger partial charge in [0.05, 0.1) is 10.6 Å². The summed E-state index contributed by atoms with van der Waals surface area (Å²) >= 11 is 7.76. The molecule has 0 fully saturated rings. The summed E-state index contributed by atoms with van der Waals surface area (Å²) in [4.78, 5) is 4.51. The van der Waals surface area contributed by atoms with Gasteiger partial charge in [-0.15, -0.1) is 10.2 Å². The highest BCUT2D eigenvalue weighted by molar-refractivity contribution is 7.99. The van der Waals surface area contributed by atoms with Crippen LogP contribution in [0.2, 0.25) is 5.02 Å². The molecule has 2 heterocycles. The number of nitrogens with one attached hydrogen (secondary N) is 1. The molecule has 0 bridgehead atoms. The molecular weight excluding hydrogens is 387 g/mol. The topological polar surface area (TPSA) is 59.9 Å². The van der Waals surface area contributed by atoms with Crippen molar-refractivity contribution in [3.05, 3.63) is 58.9 Å². The van der Waals surface area contributed by atoms with Crippen LogP contribution < -0.4 is 10.1 Å². The van der Waals surface area contributed by atoms with Crippen LogP contribution in [0.4, 0.5) is 10.1 Å². The third-order valence-corrected chi connectivity index (χ3v) is 5.40. The average Bonchev–Trinajstić information content (AvgIpc) is 2.82. The molecule has 1 aromatic heterocycles. The molecule has 8 heteroatoms. The zero-order valence-corrected chi connectivity index (χ0v) is 16.0. The highest BCUT2D eigenvalue weighted by atomic mass is 35.5. The van der Waals surface area contributed by atoms with Crippen LogP contribution in [0.15, 0.2) is 47.6 Å². The molecular formula is C19H16ClFN4OS. The first-order valence-corrected chi connectivity index (χ1v) is 9.87. The van der Waals surface area contributed by atoms with Gasteiger partial charge in [-0.05, 0) is 24.6 Å². The Kier molecular flexibility index (Phi) is 5.13. The summed E-state index contributed by atoms with van der Waals surface area (Å²) in [5.41, 5.74) is 2.26. The van der Waals surface area contributed by atoms with E-state index in [1.807, 2.05) is 24.3 Å². The Balaban J connectivity index is 1.83.